The first kappa shape index (κ1) is 10.1. The number of hydrogen-bond acceptors (Lipinski definition) is 0. The van der Waals surface area contributed by atoms with Gasteiger partial charge in [-0.2, -0.15) is 0 Å². The largest absolute Gasteiger partial charge is 0.0831 e. The van der Waals surface area contributed by atoms with E-state index in [4.69, 9.17) is 11.6 Å². The molecule has 0 nitrogen and oxygen atoms in total. The van der Waals surface area contributed by atoms with Crippen LogP contribution in [0.2, 0.25) is 5.02 Å². The van der Waals surface area contributed by atoms with Gasteiger partial charge < -0.3 is 0 Å². The molecule has 0 spiro atoms. The van der Waals surface area contributed by atoms with Crippen LogP contribution in [0.15, 0.2) is 53.0 Å². The molecule has 0 heterocycles. The minimum absolute atomic E-state index is 0.753. The van der Waals surface area contributed by atoms with E-state index in [2.05, 4.69) is 58.4 Å². The molecule has 0 saturated heterocycles. The van der Waals surface area contributed by atoms with E-state index in [1.54, 1.807) is 0 Å². The second-order valence-corrected chi connectivity index (χ2v) is 5.07. The number of rotatable bonds is 0. The number of hydrogen-bond donors (Lipinski definition) is 0. The fourth-order valence-corrected chi connectivity index (χ4v) is 2.47. The van der Waals surface area contributed by atoms with Crippen molar-refractivity contribution >= 4 is 49.1 Å². The average molecular weight is 292 g/mol. The SMILES string of the molecule is Clc1cc2cc3ccccc3cc2cc1Br. The molecule has 0 unspecified atom stereocenters. The molecule has 0 saturated carbocycles. The quantitative estimate of drug-likeness (QED) is 0.486. The summed E-state index contributed by atoms with van der Waals surface area (Å²) in [6.45, 7) is 0. The lowest BCUT2D eigenvalue weighted by atomic mass is 10.0. The maximum atomic E-state index is 6.09. The Morgan fingerprint density at radius 1 is 0.750 bits per heavy atom. The molecule has 0 fully saturated rings. The van der Waals surface area contributed by atoms with Gasteiger partial charge in [0.1, 0.15) is 0 Å². The zero-order valence-corrected chi connectivity index (χ0v) is 10.7. The lowest BCUT2D eigenvalue weighted by molar-refractivity contribution is 1.72. The molecule has 0 radical (unpaired) electrons. The fourth-order valence-electron chi connectivity index (χ4n) is 1.94. The first-order chi connectivity index (χ1) is 7.74. The standard InChI is InChI=1S/C14H8BrCl/c15-13-7-11-5-9-3-1-2-4-10(9)6-12(11)8-14(13)16/h1-8H. The Bertz CT molecular complexity index is 629. The van der Waals surface area contributed by atoms with Crippen molar-refractivity contribution in [3.63, 3.8) is 0 Å². The molecule has 16 heavy (non-hydrogen) atoms. The molecular weight excluding hydrogens is 284 g/mol. The molecule has 3 aromatic carbocycles. The molecule has 0 aromatic heterocycles. The van der Waals surface area contributed by atoms with Gasteiger partial charge in [0.2, 0.25) is 0 Å². The monoisotopic (exact) mass is 290 g/mol. The first-order valence-electron chi connectivity index (χ1n) is 5.01. The Balaban J connectivity index is 2.46. The summed E-state index contributed by atoms with van der Waals surface area (Å²) in [5.41, 5.74) is 0. The smallest absolute Gasteiger partial charge is 0.0554 e. The van der Waals surface area contributed by atoms with E-state index in [-0.39, 0.29) is 0 Å². The summed E-state index contributed by atoms with van der Waals surface area (Å²) in [4.78, 5) is 0. The normalized spacial score (nSPS) is 11.1. The van der Waals surface area contributed by atoms with Crippen LogP contribution in [0.5, 0.6) is 0 Å². The van der Waals surface area contributed by atoms with Gasteiger partial charge in [0, 0.05) is 4.47 Å². The topological polar surface area (TPSA) is 0 Å². The van der Waals surface area contributed by atoms with Crippen LogP contribution in [0.25, 0.3) is 21.5 Å². The highest BCUT2D eigenvalue weighted by atomic mass is 79.9. The van der Waals surface area contributed by atoms with Crippen LogP contribution in [0, 0.1) is 0 Å². The van der Waals surface area contributed by atoms with Crippen LogP contribution in [0.1, 0.15) is 0 Å². The molecule has 78 valence electrons. The summed E-state index contributed by atoms with van der Waals surface area (Å²) in [6.07, 6.45) is 0. The Labute approximate surface area is 107 Å². The van der Waals surface area contributed by atoms with Crippen molar-refractivity contribution in [3.05, 3.63) is 58.0 Å². The van der Waals surface area contributed by atoms with E-state index in [1.165, 1.54) is 21.5 Å². The minimum Gasteiger partial charge on any atom is -0.0831 e. The van der Waals surface area contributed by atoms with Crippen LogP contribution < -0.4 is 0 Å². The fraction of sp³-hybridized carbons (Fsp3) is 0. The van der Waals surface area contributed by atoms with Crippen LogP contribution in [-0.2, 0) is 0 Å². The van der Waals surface area contributed by atoms with Gasteiger partial charge in [-0.25, -0.2) is 0 Å². The van der Waals surface area contributed by atoms with Crippen molar-refractivity contribution in [3.8, 4) is 0 Å². The second kappa shape index (κ2) is 3.76. The zero-order chi connectivity index (χ0) is 11.1. The Kier molecular flexibility index (Phi) is 2.38. The Morgan fingerprint density at radius 2 is 1.31 bits per heavy atom. The summed E-state index contributed by atoms with van der Waals surface area (Å²) >= 11 is 9.54. The van der Waals surface area contributed by atoms with Crippen LogP contribution >= 0.6 is 27.5 Å². The first-order valence-corrected chi connectivity index (χ1v) is 6.19. The Hall–Kier alpha value is -1.05. The highest BCUT2D eigenvalue weighted by Gasteiger charge is 2.02. The molecule has 3 rings (SSSR count). The lowest BCUT2D eigenvalue weighted by Crippen LogP contribution is -1.77. The van der Waals surface area contributed by atoms with Gasteiger partial charge in [0.15, 0.2) is 0 Å². The van der Waals surface area contributed by atoms with Crippen molar-refractivity contribution in [1.82, 2.24) is 0 Å². The highest BCUT2D eigenvalue weighted by molar-refractivity contribution is 9.10. The molecule has 3 aromatic rings. The van der Waals surface area contributed by atoms with Crippen molar-refractivity contribution in [2.24, 2.45) is 0 Å². The molecule has 2 heteroatoms. The number of fused-ring (bicyclic) bond motifs is 2. The van der Waals surface area contributed by atoms with Gasteiger partial charge in [-0.3, -0.25) is 0 Å². The van der Waals surface area contributed by atoms with Crippen molar-refractivity contribution in [2.45, 2.75) is 0 Å². The van der Waals surface area contributed by atoms with Gasteiger partial charge in [0.25, 0.3) is 0 Å². The summed E-state index contributed by atoms with van der Waals surface area (Å²) < 4.78 is 0.942. The molecule has 0 bridgehead atoms. The predicted molar refractivity (Wildman–Crippen MR) is 74.2 cm³/mol. The average Bonchev–Trinajstić information content (AvgIpc) is 2.28. The molecular formula is C14H8BrCl. The number of halogens is 2. The maximum Gasteiger partial charge on any atom is 0.0554 e. The third-order valence-corrected chi connectivity index (χ3v) is 3.94. The van der Waals surface area contributed by atoms with E-state index < -0.39 is 0 Å². The van der Waals surface area contributed by atoms with E-state index in [9.17, 15) is 0 Å². The van der Waals surface area contributed by atoms with Gasteiger partial charge in [-0.15, -0.1) is 0 Å². The summed E-state index contributed by atoms with van der Waals surface area (Å²) in [5, 5.41) is 5.63. The highest BCUT2D eigenvalue weighted by Crippen LogP contribution is 2.30. The molecule has 0 N–H and O–H groups in total. The van der Waals surface area contributed by atoms with Crippen LogP contribution in [0.4, 0.5) is 0 Å². The van der Waals surface area contributed by atoms with Crippen LogP contribution in [0.3, 0.4) is 0 Å². The number of benzene rings is 3. The Morgan fingerprint density at radius 3 is 1.94 bits per heavy atom. The van der Waals surface area contributed by atoms with E-state index in [0.29, 0.717) is 0 Å². The predicted octanol–water partition coefficient (Wildman–Crippen LogP) is 5.41. The third kappa shape index (κ3) is 1.60. The van der Waals surface area contributed by atoms with Crippen molar-refractivity contribution < 1.29 is 0 Å². The molecule has 0 atom stereocenters. The van der Waals surface area contributed by atoms with Crippen molar-refractivity contribution in [1.29, 1.82) is 0 Å². The van der Waals surface area contributed by atoms with Gasteiger partial charge in [0.05, 0.1) is 5.02 Å². The van der Waals surface area contributed by atoms with E-state index >= 15 is 0 Å². The minimum atomic E-state index is 0.753. The summed E-state index contributed by atoms with van der Waals surface area (Å²) in [7, 11) is 0. The molecule has 0 aliphatic heterocycles. The molecule has 0 aliphatic rings. The summed E-state index contributed by atoms with van der Waals surface area (Å²) in [6, 6.07) is 16.8. The zero-order valence-electron chi connectivity index (χ0n) is 8.37. The molecule has 0 aliphatic carbocycles. The maximum absolute atomic E-state index is 6.09. The molecule has 0 amide bonds. The summed E-state index contributed by atoms with van der Waals surface area (Å²) in [5.74, 6) is 0. The van der Waals surface area contributed by atoms with Gasteiger partial charge in [-0.05, 0) is 61.7 Å². The van der Waals surface area contributed by atoms with Crippen LogP contribution in [-0.4, -0.2) is 0 Å². The van der Waals surface area contributed by atoms with Gasteiger partial charge in [-0.1, -0.05) is 35.9 Å². The third-order valence-electron chi connectivity index (χ3n) is 2.74. The van der Waals surface area contributed by atoms with E-state index in [0.717, 1.165) is 9.50 Å². The van der Waals surface area contributed by atoms with Crippen molar-refractivity contribution in [2.75, 3.05) is 0 Å². The lowest BCUT2D eigenvalue weighted by Gasteiger charge is -2.04. The second-order valence-electron chi connectivity index (χ2n) is 3.81. The van der Waals surface area contributed by atoms with Gasteiger partial charge >= 0.3 is 0 Å². The van der Waals surface area contributed by atoms with E-state index in [1.807, 2.05) is 6.07 Å².